The topological polar surface area (TPSA) is 55.1 Å². The number of amides is 1. The third-order valence-electron chi connectivity index (χ3n) is 4.82. The van der Waals surface area contributed by atoms with Gasteiger partial charge in [0.2, 0.25) is 5.91 Å². The van der Waals surface area contributed by atoms with E-state index in [4.69, 9.17) is 5.73 Å². The lowest BCUT2D eigenvalue weighted by molar-refractivity contribution is -0.121. The van der Waals surface area contributed by atoms with Crippen molar-refractivity contribution in [3.63, 3.8) is 0 Å². The van der Waals surface area contributed by atoms with E-state index >= 15 is 0 Å². The van der Waals surface area contributed by atoms with Gasteiger partial charge in [-0.1, -0.05) is 32.3 Å². The summed E-state index contributed by atoms with van der Waals surface area (Å²) in [5.41, 5.74) is 8.44. The number of unbranched alkanes of at least 4 members (excludes halogenated alkanes) is 1. The van der Waals surface area contributed by atoms with E-state index in [0.717, 1.165) is 35.7 Å². The van der Waals surface area contributed by atoms with Crippen LogP contribution in [-0.4, -0.2) is 5.91 Å². The molecule has 0 atom stereocenters. The van der Waals surface area contributed by atoms with Crippen molar-refractivity contribution in [2.24, 2.45) is 11.8 Å². The number of nitrogens with one attached hydrogen (secondary N) is 1. The maximum Gasteiger partial charge on any atom is 0.227 e. The molecule has 0 radical (unpaired) electrons. The summed E-state index contributed by atoms with van der Waals surface area (Å²) in [5, 5.41) is 3.06. The number of nitrogens with two attached hydrogens (primary N) is 1. The number of carbonyl (C=O) groups excluding carboxylic acids is 1. The Labute approximate surface area is 128 Å². The quantitative estimate of drug-likeness (QED) is 0.783. The molecule has 0 saturated heterocycles. The van der Waals surface area contributed by atoms with Crippen LogP contribution in [0.2, 0.25) is 0 Å². The van der Waals surface area contributed by atoms with Gasteiger partial charge >= 0.3 is 0 Å². The van der Waals surface area contributed by atoms with Crippen molar-refractivity contribution in [2.75, 3.05) is 11.1 Å². The molecule has 116 valence electrons. The Morgan fingerprint density at radius 3 is 2.67 bits per heavy atom. The molecule has 0 bridgehead atoms. The molecule has 1 aliphatic carbocycles. The maximum atomic E-state index is 12.4. The summed E-state index contributed by atoms with van der Waals surface area (Å²) in [5.74, 6) is 1.17. The molecular weight excluding hydrogens is 260 g/mol. The van der Waals surface area contributed by atoms with Crippen molar-refractivity contribution in [1.82, 2.24) is 0 Å². The van der Waals surface area contributed by atoms with Crippen LogP contribution in [0.1, 0.15) is 57.4 Å². The first-order chi connectivity index (χ1) is 10.1. The van der Waals surface area contributed by atoms with Gasteiger partial charge in [-0.05, 0) is 56.2 Å². The number of hydrogen-bond acceptors (Lipinski definition) is 2. The van der Waals surface area contributed by atoms with Gasteiger partial charge in [-0.15, -0.1) is 0 Å². The van der Waals surface area contributed by atoms with E-state index in [9.17, 15) is 4.79 Å². The van der Waals surface area contributed by atoms with Crippen LogP contribution in [0.5, 0.6) is 0 Å². The highest BCUT2D eigenvalue weighted by molar-refractivity contribution is 5.94. The minimum Gasteiger partial charge on any atom is -0.398 e. The fraction of sp³-hybridized carbons (Fsp3) is 0.611. The predicted octanol–water partition coefficient (Wildman–Crippen LogP) is 4.51. The second-order valence-electron chi connectivity index (χ2n) is 6.37. The van der Waals surface area contributed by atoms with Crippen LogP contribution in [0.3, 0.4) is 0 Å². The monoisotopic (exact) mass is 288 g/mol. The average molecular weight is 288 g/mol. The molecule has 1 fully saturated rings. The number of hydrogen-bond donors (Lipinski definition) is 2. The Kier molecular flexibility index (Phi) is 5.66. The molecule has 3 N–H and O–H groups in total. The van der Waals surface area contributed by atoms with Gasteiger partial charge in [0.15, 0.2) is 0 Å². The largest absolute Gasteiger partial charge is 0.398 e. The van der Waals surface area contributed by atoms with Crippen molar-refractivity contribution >= 4 is 17.3 Å². The molecule has 0 aromatic heterocycles. The minimum absolute atomic E-state index is 0.164. The predicted molar refractivity (Wildman–Crippen MR) is 89.2 cm³/mol. The van der Waals surface area contributed by atoms with Gasteiger partial charge in [-0.3, -0.25) is 4.79 Å². The highest BCUT2D eigenvalue weighted by atomic mass is 16.1. The third-order valence-corrected chi connectivity index (χ3v) is 4.82. The minimum atomic E-state index is 0.164. The average Bonchev–Trinajstić information content (AvgIpc) is 2.50. The lowest BCUT2D eigenvalue weighted by atomic mass is 9.79. The van der Waals surface area contributed by atoms with E-state index in [1.807, 2.05) is 25.1 Å². The SMILES string of the molecule is CCCCC1CCC(C(=O)Nc2cccc(N)c2C)CC1. The second kappa shape index (κ2) is 7.48. The molecule has 1 aromatic rings. The number of rotatable bonds is 5. The molecule has 2 rings (SSSR count). The molecule has 1 saturated carbocycles. The van der Waals surface area contributed by atoms with Crippen LogP contribution in [0.15, 0.2) is 18.2 Å². The highest BCUT2D eigenvalue weighted by Crippen LogP contribution is 2.33. The Bertz CT molecular complexity index is 476. The molecule has 1 aromatic carbocycles. The number of nitrogen functional groups attached to an aromatic ring is 1. The zero-order valence-electron chi connectivity index (χ0n) is 13.3. The number of carbonyl (C=O) groups is 1. The Hall–Kier alpha value is -1.51. The Morgan fingerprint density at radius 2 is 2.00 bits per heavy atom. The lowest BCUT2D eigenvalue weighted by Gasteiger charge is -2.28. The van der Waals surface area contributed by atoms with Crippen LogP contribution >= 0.6 is 0 Å². The van der Waals surface area contributed by atoms with E-state index in [2.05, 4.69) is 12.2 Å². The molecule has 3 nitrogen and oxygen atoms in total. The van der Waals surface area contributed by atoms with Gasteiger partial charge in [0, 0.05) is 17.3 Å². The van der Waals surface area contributed by atoms with Crippen LogP contribution < -0.4 is 11.1 Å². The molecule has 0 unspecified atom stereocenters. The van der Waals surface area contributed by atoms with Gasteiger partial charge in [0.05, 0.1) is 0 Å². The van der Waals surface area contributed by atoms with Crippen LogP contribution in [-0.2, 0) is 4.79 Å². The van der Waals surface area contributed by atoms with E-state index in [1.54, 1.807) is 0 Å². The fourth-order valence-electron chi connectivity index (χ4n) is 3.23. The van der Waals surface area contributed by atoms with Crippen molar-refractivity contribution in [2.45, 2.75) is 58.8 Å². The van der Waals surface area contributed by atoms with E-state index in [0.29, 0.717) is 0 Å². The summed E-state index contributed by atoms with van der Waals surface area (Å²) >= 11 is 0. The smallest absolute Gasteiger partial charge is 0.227 e. The molecule has 0 spiro atoms. The molecule has 3 heteroatoms. The van der Waals surface area contributed by atoms with Crippen molar-refractivity contribution < 1.29 is 4.79 Å². The molecule has 1 amide bonds. The van der Waals surface area contributed by atoms with Crippen molar-refractivity contribution in [3.8, 4) is 0 Å². The second-order valence-corrected chi connectivity index (χ2v) is 6.37. The number of anilines is 2. The summed E-state index contributed by atoms with van der Waals surface area (Å²) in [6.07, 6.45) is 8.39. The van der Waals surface area contributed by atoms with Gasteiger partial charge in [-0.2, -0.15) is 0 Å². The maximum absolute atomic E-state index is 12.4. The zero-order chi connectivity index (χ0) is 15.2. The Morgan fingerprint density at radius 1 is 1.29 bits per heavy atom. The molecule has 21 heavy (non-hydrogen) atoms. The van der Waals surface area contributed by atoms with Gasteiger partial charge in [0.1, 0.15) is 0 Å². The van der Waals surface area contributed by atoms with Crippen LogP contribution in [0.4, 0.5) is 11.4 Å². The van der Waals surface area contributed by atoms with Crippen molar-refractivity contribution in [3.05, 3.63) is 23.8 Å². The van der Waals surface area contributed by atoms with Gasteiger partial charge in [-0.25, -0.2) is 0 Å². The lowest BCUT2D eigenvalue weighted by Crippen LogP contribution is -2.27. The molecule has 0 heterocycles. The number of benzene rings is 1. The fourth-order valence-corrected chi connectivity index (χ4v) is 3.23. The highest BCUT2D eigenvalue weighted by Gasteiger charge is 2.26. The summed E-state index contributed by atoms with van der Waals surface area (Å²) in [6, 6.07) is 5.68. The van der Waals surface area contributed by atoms with Crippen LogP contribution in [0.25, 0.3) is 0 Å². The van der Waals surface area contributed by atoms with E-state index in [-0.39, 0.29) is 11.8 Å². The van der Waals surface area contributed by atoms with Crippen molar-refractivity contribution in [1.29, 1.82) is 0 Å². The molecule has 1 aliphatic rings. The summed E-state index contributed by atoms with van der Waals surface area (Å²) in [6.45, 7) is 4.19. The summed E-state index contributed by atoms with van der Waals surface area (Å²) in [7, 11) is 0. The van der Waals surface area contributed by atoms with E-state index < -0.39 is 0 Å². The summed E-state index contributed by atoms with van der Waals surface area (Å²) in [4.78, 5) is 12.4. The van der Waals surface area contributed by atoms with E-state index in [1.165, 1.54) is 32.1 Å². The van der Waals surface area contributed by atoms with Gasteiger partial charge in [0.25, 0.3) is 0 Å². The zero-order valence-corrected chi connectivity index (χ0v) is 13.3. The molecule has 0 aliphatic heterocycles. The first-order valence-electron chi connectivity index (χ1n) is 8.27. The molecular formula is C18H28N2O. The van der Waals surface area contributed by atoms with Crippen LogP contribution in [0, 0.1) is 18.8 Å². The first kappa shape index (κ1) is 15.9. The first-order valence-corrected chi connectivity index (χ1v) is 8.27. The van der Waals surface area contributed by atoms with Gasteiger partial charge < -0.3 is 11.1 Å². The Balaban J connectivity index is 1.86. The third kappa shape index (κ3) is 4.23. The summed E-state index contributed by atoms with van der Waals surface area (Å²) < 4.78 is 0. The normalized spacial score (nSPS) is 22.0. The standard InChI is InChI=1S/C18H28N2O/c1-3-4-6-14-9-11-15(12-10-14)18(21)20-17-8-5-7-16(19)13(17)2/h5,7-8,14-15H,3-4,6,9-12,19H2,1-2H3,(H,20,21).